The van der Waals surface area contributed by atoms with Crippen molar-refractivity contribution in [2.75, 3.05) is 13.7 Å². The lowest BCUT2D eigenvalue weighted by atomic mass is 10.1. The third-order valence-corrected chi connectivity index (χ3v) is 5.53. The second-order valence-electron chi connectivity index (χ2n) is 7.48. The Kier molecular flexibility index (Phi) is 5.65. The summed E-state index contributed by atoms with van der Waals surface area (Å²) >= 11 is 0. The van der Waals surface area contributed by atoms with Gasteiger partial charge in [0.25, 0.3) is 11.6 Å². The predicted molar refractivity (Wildman–Crippen MR) is 119 cm³/mol. The monoisotopic (exact) mass is 448 g/mol. The molecular weight excluding hydrogens is 428 g/mol. The van der Waals surface area contributed by atoms with Gasteiger partial charge in [0.15, 0.2) is 0 Å². The van der Waals surface area contributed by atoms with Crippen LogP contribution in [0.3, 0.4) is 0 Å². The lowest BCUT2D eigenvalue weighted by Crippen LogP contribution is -2.36. The van der Waals surface area contributed by atoms with Gasteiger partial charge in [-0.25, -0.2) is 9.69 Å². The molecule has 4 rings (SSSR count). The molecule has 0 atom stereocenters. The summed E-state index contributed by atoms with van der Waals surface area (Å²) in [5.41, 5.74) is 3.45. The number of carbonyl (C=O) groups is 3. The molecule has 0 aliphatic carbocycles. The van der Waals surface area contributed by atoms with Gasteiger partial charge in [-0.3, -0.25) is 19.7 Å². The van der Waals surface area contributed by atoms with Crippen molar-refractivity contribution in [2.24, 2.45) is 0 Å². The highest BCUT2D eigenvalue weighted by molar-refractivity contribution is 6.15. The highest BCUT2D eigenvalue weighted by Crippen LogP contribution is 2.29. The summed E-state index contributed by atoms with van der Waals surface area (Å²) in [4.78, 5) is 47.7. The van der Waals surface area contributed by atoms with Crippen LogP contribution in [0.15, 0.2) is 54.2 Å². The summed E-state index contributed by atoms with van der Waals surface area (Å²) in [6, 6.07) is 13.3. The van der Waals surface area contributed by atoms with Crippen molar-refractivity contribution in [3.05, 3.63) is 81.2 Å². The van der Waals surface area contributed by atoms with Crippen LogP contribution in [0.25, 0.3) is 17.0 Å². The predicted octanol–water partition coefficient (Wildman–Crippen LogP) is 2.97. The molecule has 2 aromatic carbocycles. The van der Waals surface area contributed by atoms with Crippen LogP contribution in [0.1, 0.15) is 16.8 Å². The van der Waals surface area contributed by atoms with Crippen LogP contribution in [0.5, 0.6) is 0 Å². The van der Waals surface area contributed by atoms with E-state index in [9.17, 15) is 24.5 Å². The zero-order valence-corrected chi connectivity index (χ0v) is 17.9. The Hall–Kier alpha value is -4.47. The Labute approximate surface area is 188 Å². The number of amides is 3. The fraction of sp³-hybridized carbons (Fsp3) is 0.174. The van der Waals surface area contributed by atoms with Crippen molar-refractivity contribution in [1.29, 1.82) is 0 Å². The summed E-state index contributed by atoms with van der Waals surface area (Å²) in [7, 11) is 1.18. The number of hydrogen-bond donors (Lipinski definition) is 1. The number of para-hydroxylation sites is 1. The second kappa shape index (κ2) is 8.58. The average Bonchev–Trinajstić information content (AvgIpc) is 3.22. The minimum atomic E-state index is -0.698. The van der Waals surface area contributed by atoms with E-state index in [1.807, 2.05) is 35.8 Å². The first-order chi connectivity index (χ1) is 15.8. The Morgan fingerprint density at radius 2 is 1.85 bits per heavy atom. The van der Waals surface area contributed by atoms with Gasteiger partial charge < -0.3 is 14.6 Å². The van der Waals surface area contributed by atoms with Crippen molar-refractivity contribution in [3.63, 3.8) is 0 Å². The van der Waals surface area contributed by atoms with Gasteiger partial charge in [0.2, 0.25) is 0 Å². The van der Waals surface area contributed by atoms with E-state index in [-0.39, 0.29) is 11.4 Å². The van der Waals surface area contributed by atoms with Gasteiger partial charge >= 0.3 is 12.0 Å². The molecule has 1 fully saturated rings. The third-order valence-electron chi connectivity index (χ3n) is 5.53. The van der Waals surface area contributed by atoms with E-state index in [1.165, 1.54) is 19.2 Å². The SMILES string of the molecule is COC(=O)CN1C(=O)NC(=Cc2c(C)n(Cc3ccc([N+](=O)[O-])cc3)c3ccccc23)C1=O. The number of benzene rings is 2. The normalized spacial score (nSPS) is 14.7. The number of fused-ring (bicyclic) bond motifs is 1. The van der Waals surface area contributed by atoms with Crippen molar-refractivity contribution in [2.45, 2.75) is 13.5 Å². The molecule has 1 aliphatic rings. The molecule has 0 unspecified atom stereocenters. The number of esters is 1. The van der Waals surface area contributed by atoms with Crippen LogP contribution in [0, 0.1) is 17.0 Å². The number of non-ortho nitro benzene ring substituents is 1. The molecule has 3 amide bonds. The number of nitro groups is 1. The minimum Gasteiger partial charge on any atom is -0.468 e. The summed E-state index contributed by atoms with van der Waals surface area (Å²) in [6.07, 6.45) is 1.60. The van der Waals surface area contributed by atoms with Crippen LogP contribution >= 0.6 is 0 Å². The second-order valence-corrected chi connectivity index (χ2v) is 7.48. The molecule has 168 valence electrons. The smallest absolute Gasteiger partial charge is 0.329 e. The lowest BCUT2D eigenvalue weighted by molar-refractivity contribution is -0.384. The van der Waals surface area contributed by atoms with E-state index in [4.69, 9.17) is 0 Å². The Balaban J connectivity index is 1.72. The minimum absolute atomic E-state index is 0.0188. The molecular formula is C23H20N4O6. The maximum absolute atomic E-state index is 12.7. The number of nitro benzene ring substituents is 1. The molecule has 33 heavy (non-hydrogen) atoms. The topological polar surface area (TPSA) is 124 Å². The molecule has 0 saturated carbocycles. The van der Waals surface area contributed by atoms with Gasteiger partial charge in [0.05, 0.1) is 12.0 Å². The van der Waals surface area contributed by atoms with Gasteiger partial charge in [-0.2, -0.15) is 0 Å². The molecule has 0 bridgehead atoms. The first kappa shape index (κ1) is 21.8. The lowest BCUT2D eigenvalue weighted by Gasteiger charge is -2.09. The van der Waals surface area contributed by atoms with Crippen LogP contribution < -0.4 is 5.32 Å². The summed E-state index contributed by atoms with van der Waals surface area (Å²) in [5.74, 6) is -1.31. The largest absolute Gasteiger partial charge is 0.468 e. The van der Waals surface area contributed by atoms with Gasteiger partial charge in [-0.05, 0) is 24.6 Å². The molecule has 1 saturated heterocycles. The Morgan fingerprint density at radius 1 is 1.15 bits per heavy atom. The maximum Gasteiger partial charge on any atom is 0.329 e. The zero-order chi connectivity index (χ0) is 23.7. The van der Waals surface area contributed by atoms with Crippen molar-refractivity contribution in [3.8, 4) is 0 Å². The van der Waals surface area contributed by atoms with Crippen LogP contribution in [0.2, 0.25) is 0 Å². The summed E-state index contributed by atoms with van der Waals surface area (Å²) in [6.45, 7) is 1.88. The van der Waals surface area contributed by atoms with E-state index < -0.39 is 29.4 Å². The van der Waals surface area contributed by atoms with Gasteiger partial charge in [0.1, 0.15) is 12.2 Å². The number of methoxy groups -OCH3 is 1. The van der Waals surface area contributed by atoms with Crippen LogP contribution in [-0.4, -0.2) is 46.0 Å². The number of hydrogen-bond acceptors (Lipinski definition) is 6. The van der Waals surface area contributed by atoms with Gasteiger partial charge in [-0.1, -0.05) is 30.3 Å². The Bertz CT molecular complexity index is 1320. The number of urea groups is 1. The van der Waals surface area contributed by atoms with Crippen LogP contribution in [0.4, 0.5) is 10.5 Å². The van der Waals surface area contributed by atoms with E-state index in [0.717, 1.165) is 32.6 Å². The fourth-order valence-corrected chi connectivity index (χ4v) is 3.80. The quantitative estimate of drug-likeness (QED) is 0.203. The molecule has 10 nitrogen and oxygen atoms in total. The van der Waals surface area contributed by atoms with E-state index >= 15 is 0 Å². The standard InChI is InChI=1S/C23H20N4O6/c1-14-18(11-19-22(29)26(23(30)24-19)13-21(28)33-2)17-5-3-4-6-20(17)25(14)12-15-7-9-16(10-8-15)27(31)32/h3-11H,12-13H2,1-2H3,(H,24,30). The summed E-state index contributed by atoms with van der Waals surface area (Å²) in [5, 5.41) is 14.3. The number of nitrogens with one attached hydrogen (secondary N) is 1. The van der Waals surface area contributed by atoms with E-state index in [0.29, 0.717) is 6.54 Å². The maximum atomic E-state index is 12.7. The summed E-state index contributed by atoms with van der Waals surface area (Å²) < 4.78 is 6.58. The molecule has 3 aromatic rings. The number of carbonyl (C=O) groups excluding carboxylic acids is 3. The number of aromatic nitrogens is 1. The number of ether oxygens (including phenoxy) is 1. The fourth-order valence-electron chi connectivity index (χ4n) is 3.80. The van der Waals surface area contributed by atoms with Crippen molar-refractivity contribution >= 4 is 40.6 Å². The highest BCUT2D eigenvalue weighted by atomic mass is 16.6. The molecule has 0 spiro atoms. The van der Waals surface area contributed by atoms with E-state index in [2.05, 4.69) is 10.1 Å². The molecule has 1 aliphatic heterocycles. The number of rotatable bonds is 6. The van der Waals surface area contributed by atoms with Crippen LogP contribution in [-0.2, 0) is 20.9 Å². The van der Waals surface area contributed by atoms with Crippen molar-refractivity contribution in [1.82, 2.24) is 14.8 Å². The third kappa shape index (κ3) is 4.05. The molecule has 10 heteroatoms. The van der Waals surface area contributed by atoms with Gasteiger partial charge in [-0.15, -0.1) is 0 Å². The van der Waals surface area contributed by atoms with Crippen molar-refractivity contribution < 1.29 is 24.0 Å². The first-order valence-electron chi connectivity index (χ1n) is 10.0. The molecule has 1 aromatic heterocycles. The average molecular weight is 448 g/mol. The van der Waals surface area contributed by atoms with E-state index in [1.54, 1.807) is 18.2 Å². The Morgan fingerprint density at radius 3 is 2.52 bits per heavy atom. The number of imide groups is 1. The molecule has 0 radical (unpaired) electrons. The molecule has 2 heterocycles. The highest BCUT2D eigenvalue weighted by Gasteiger charge is 2.35. The number of nitrogens with zero attached hydrogens (tertiary/aromatic N) is 3. The first-order valence-corrected chi connectivity index (χ1v) is 10.0. The molecule has 1 N–H and O–H groups in total. The van der Waals surface area contributed by atoms with Gasteiger partial charge in [0, 0.05) is 40.8 Å². The zero-order valence-electron chi connectivity index (χ0n) is 17.9.